The average Bonchev–Trinajstić information content (AvgIpc) is 2.63. The number of amides is 1. The molecule has 2 aromatic rings. The van der Waals surface area contributed by atoms with Gasteiger partial charge >= 0.3 is 0 Å². The summed E-state index contributed by atoms with van der Waals surface area (Å²) in [4.78, 5) is 15.7. The Morgan fingerprint density at radius 2 is 2.14 bits per heavy atom. The smallest absolute Gasteiger partial charge is 0.267 e. The minimum absolute atomic E-state index is 0.354. The molecule has 21 heavy (non-hydrogen) atoms. The molecule has 0 radical (unpaired) electrons. The summed E-state index contributed by atoms with van der Waals surface area (Å²) < 4.78 is 2.12. The molecule has 4 heteroatoms. The first-order valence-electron chi connectivity index (χ1n) is 6.78. The Labute approximate surface area is 123 Å². The normalized spacial score (nSPS) is 14.6. The summed E-state index contributed by atoms with van der Waals surface area (Å²) in [7, 11) is 0. The summed E-state index contributed by atoms with van der Waals surface area (Å²) in [6.07, 6.45) is 3.29. The molecule has 2 heterocycles. The number of aromatic nitrogens is 1. The fourth-order valence-corrected chi connectivity index (χ4v) is 2.41. The number of nitrogens with zero attached hydrogens (tertiary/aromatic N) is 2. The highest BCUT2D eigenvalue weighted by molar-refractivity contribution is 6.14. The molecule has 0 bridgehead atoms. The maximum absolute atomic E-state index is 11.6. The number of amidine groups is 1. The highest BCUT2D eigenvalue weighted by atomic mass is 16.1. The lowest BCUT2D eigenvalue weighted by Gasteiger charge is -2.03. The van der Waals surface area contributed by atoms with Crippen LogP contribution in [-0.4, -0.2) is 11.7 Å². The van der Waals surface area contributed by atoms with E-state index in [4.69, 9.17) is 0 Å². The van der Waals surface area contributed by atoms with Crippen molar-refractivity contribution in [3.8, 4) is 0 Å². The summed E-state index contributed by atoms with van der Waals surface area (Å²) in [6, 6.07) is 12.0. The van der Waals surface area contributed by atoms with Gasteiger partial charge < -0.3 is 0 Å². The molecule has 0 spiro atoms. The molecule has 1 amide bonds. The van der Waals surface area contributed by atoms with Crippen LogP contribution >= 0.6 is 0 Å². The van der Waals surface area contributed by atoms with Gasteiger partial charge in [-0.3, -0.25) is 4.79 Å². The number of aryl methyl sites for hydroxylation is 1. The Bertz CT molecular complexity index is 762. The molecule has 1 aliphatic rings. The Morgan fingerprint density at radius 1 is 1.33 bits per heavy atom. The van der Waals surface area contributed by atoms with Gasteiger partial charge in [-0.05, 0) is 30.7 Å². The highest BCUT2D eigenvalue weighted by Crippen LogP contribution is 2.17. The molecule has 1 aliphatic heterocycles. The number of aliphatic imine (C=N–C) groups is 1. The van der Waals surface area contributed by atoms with E-state index in [1.807, 2.05) is 30.3 Å². The van der Waals surface area contributed by atoms with Crippen LogP contribution in [-0.2, 0) is 11.3 Å². The molecule has 0 aliphatic carbocycles. The minimum atomic E-state index is -0.354. The molecular formula is C17H16N3O+. The fourth-order valence-electron chi connectivity index (χ4n) is 2.41. The highest BCUT2D eigenvalue weighted by Gasteiger charge is 2.23. The molecule has 0 fully saturated rings. The van der Waals surface area contributed by atoms with Gasteiger partial charge in [-0.1, -0.05) is 24.8 Å². The molecule has 0 saturated carbocycles. The van der Waals surface area contributed by atoms with Crippen LogP contribution < -0.4 is 9.88 Å². The molecule has 104 valence electrons. The van der Waals surface area contributed by atoms with Crippen LogP contribution in [0.25, 0.3) is 0 Å². The van der Waals surface area contributed by atoms with E-state index in [1.165, 1.54) is 11.6 Å². The van der Waals surface area contributed by atoms with E-state index in [2.05, 4.69) is 40.6 Å². The standard InChI is InChI=1S/C17H15N3O/c1-3-16(21)19-17-14-7-5-4-6-13(14)11-20-10-12(2)8-9-15(20)18-17/h3-10H,1,11H2,2H3/p+1/b19-17-. The Balaban J connectivity index is 2.18. The van der Waals surface area contributed by atoms with E-state index >= 15 is 0 Å². The average molecular weight is 278 g/mol. The molecule has 4 nitrogen and oxygen atoms in total. The lowest BCUT2D eigenvalue weighted by molar-refractivity contribution is -0.674. The van der Waals surface area contributed by atoms with E-state index < -0.39 is 0 Å². The molecule has 0 saturated heterocycles. The first-order valence-corrected chi connectivity index (χ1v) is 6.78. The molecule has 0 unspecified atom stereocenters. The summed E-state index contributed by atoms with van der Waals surface area (Å²) >= 11 is 0. The number of carbonyl (C=O) groups is 1. The van der Waals surface area contributed by atoms with Crippen molar-refractivity contribution < 1.29 is 9.36 Å². The Kier molecular flexibility index (Phi) is 3.36. The van der Waals surface area contributed by atoms with Crippen molar-refractivity contribution in [2.75, 3.05) is 5.32 Å². The van der Waals surface area contributed by atoms with Crippen LogP contribution in [0, 0.1) is 6.92 Å². The number of benzene rings is 1. The van der Waals surface area contributed by atoms with Gasteiger partial charge in [0.25, 0.3) is 11.7 Å². The first kappa shape index (κ1) is 13.2. The predicted octanol–water partition coefficient (Wildman–Crippen LogP) is 2.22. The lowest BCUT2D eigenvalue weighted by atomic mass is 10.1. The number of hydrogen-bond acceptors (Lipinski definition) is 1. The van der Waals surface area contributed by atoms with Crippen LogP contribution in [0.4, 0.5) is 5.82 Å². The maximum Gasteiger partial charge on any atom is 0.280 e. The van der Waals surface area contributed by atoms with Gasteiger partial charge in [0.05, 0.1) is 6.20 Å². The summed E-state index contributed by atoms with van der Waals surface area (Å²) in [5.74, 6) is 1.12. The Hall–Kier alpha value is -2.75. The van der Waals surface area contributed by atoms with Gasteiger partial charge in [-0.15, -0.1) is 0 Å². The van der Waals surface area contributed by atoms with Gasteiger partial charge in [0.2, 0.25) is 5.84 Å². The van der Waals surface area contributed by atoms with Crippen molar-refractivity contribution in [2.45, 2.75) is 13.5 Å². The van der Waals surface area contributed by atoms with Crippen molar-refractivity contribution in [1.82, 2.24) is 0 Å². The van der Waals surface area contributed by atoms with Gasteiger partial charge in [-0.25, -0.2) is 9.88 Å². The number of fused-ring (bicyclic) bond motifs is 2. The predicted molar refractivity (Wildman–Crippen MR) is 82.3 cm³/mol. The summed E-state index contributed by atoms with van der Waals surface area (Å²) in [5.41, 5.74) is 3.24. The minimum Gasteiger partial charge on any atom is -0.267 e. The third-order valence-corrected chi connectivity index (χ3v) is 3.43. The fraction of sp³-hybridized carbons (Fsp3) is 0.118. The second-order valence-corrected chi connectivity index (χ2v) is 5.00. The first-order chi connectivity index (χ1) is 10.2. The number of carbonyl (C=O) groups excluding carboxylic acids is 1. The van der Waals surface area contributed by atoms with E-state index in [1.54, 1.807) is 0 Å². The monoisotopic (exact) mass is 278 g/mol. The topological polar surface area (TPSA) is 45.3 Å². The van der Waals surface area contributed by atoms with Crippen LogP contribution in [0.5, 0.6) is 0 Å². The van der Waals surface area contributed by atoms with Crippen LogP contribution in [0.1, 0.15) is 16.7 Å². The van der Waals surface area contributed by atoms with Gasteiger partial charge in [-0.2, -0.15) is 4.99 Å². The van der Waals surface area contributed by atoms with Gasteiger partial charge in [0.15, 0.2) is 0 Å². The Morgan fingerprint density at radius 3 is 2.95 bits per heavy atom. The van der Waals surface area contributed by atoms with Crippen LogP contribution in [0.2, 0.25) is 0 Å². The van der Waals surface area contributed by atoms with Crippen molar-refractivity contribution in [3.05, 3.63) is 71.9 Å². The zero-order valence-corrected chi connectivity index (χ0v) is 11.8. The van der Waals surface area contributed by atoms with E-state index in [0.29, 0.717) is 5.84 Å². The summed E-state index contributed by atoms with van der Waals surface area (Å²) in [6.45, 7) is 6.27. The summed E-state index contributed by atoms with van der Waals surface area (Å²) in [5, 5.41) is 3.25. The van der Waals surface area contributed by atoms with Crippen molar-refractivity contribution >= 4 is 17.6 Å². The SMILES string of the molecule is C=CC(=O)/N=C1\Nc2ccc(C)c[n+]2Cc2ccccc21. The van der Waals surface area contributed by atoms with Crippen molar-refractivity contribution in [1.29, 1.82) is 0 Å². The van der Waals surface area contributed by atoms with E-state index in [9.17, 15) is 4.79 Å². The maximum atomic E-state index is 11.6. The van der Waals surface area contributed by atoms with Crippen molar-refractivity contribution in [2.24, 2.45) is 4.99 Å². The molecule has 1 aromatic heterocycles. The van der Waals surface area contributed by atoms with E-state index in [0.717, 1.165) is 23.5 Å². The largest absolute Gasteiger partial charge is 0.280 e. The molecule has 1 N–H and O–H groups in total. The zero-order valence-electron chi connectivity index (χ0n) is 11.8. The van der Waals surface area contributed by atoms with E-state index in [-0.39, 0.29) is 5.91 Å². The molecule has 0 atom stereocenters. The van der Waals surface area contributed by atoms with Crippen molar-refractivity contribution in [3.63, 3.8) is 0 Å². The number of nitrogens with one attached hydrogen (secondary N) is 1. The quantitative estimate of drug-likeness (QED) is 0.642. The second-order valence-electron chi connectivity index (χ2n) is 5.00. The number of anilines is 1. The lowest BCUT2D eigenvalue weighted by Crippen LogP contribution is -2.36. The van der Waals surface area contributed by atoms with Crippen LogP contribution in [0.3, 0.4) is 0 Å². The van der Waals surface area contributed by atoms with Gasteiger partial charge in [0.1, 0.15) is 6.54 Å². The molecular weight excluding hydrogens is 262 g/mol. The number of hydrogen-bond donors (Lipinski definition) is 1. The molecule has 1 aromatic carbocycles. The second kappa shape index (κ2) is 5.32. The number of pyridine rings is 1. The molecule has 3 rings (SSSR count). The number of rotatable bonds is 1. The zero-order chi connectivity index (χ0) is 14.8. The van der Waals surface area contributed by atoms with Crippen LogP contribution in [0.15, 0.2) is 60.2 Å². The van der Waals surface area contributed by atoms with Gasteiger partial charge in [0, 0.05) is 17.2 Å². The third kappa shape index (κ3) is 2.60. The third-order valence-electron chi connectivity index (χ3n) is 3.43.